The Morgan fingerprint density at radius 3 is 1.33 bits per heavy atom. The number of rotatable bonds is 4. The second-order valence-electron chi connectivity index (χ2n) is 7.39. The van der Waals surface area contributed by atoms with Gasteiger partial charge < -0.3 is 0 Å². The van der Waals surface area contributed by atoms with E-state index in [-0.39, 0.29) is 9.86 Å². The number of benzene rings is 3. The van der Waals surface area contributed by atoms with E-state index in [0.29, 0.717) is 0 Å². The van der Waals surface area contributed by atoms with Gasteiger partial charge >= 0.3 is 0 Å². The summed E-state index contributed by atoms with van der Waals surface area (Å²) in [6, 6.07) is 31.4. The van der Waals surface area contributed by atoms with Crippen LogP contribution in [0.25, 0.3) is 0 Å². The summed E-state index contributed by atoms with van der Waals surface area (Å²) in [6.07, 6.45) is 0. The highest BCUT2D eigenvalue weighted by Crippen LogP contribution is 2.44. The predicted molar refractivity (Wildman–Crippen MR) is 124 cm³/mol. The lowest BCUT2D eigenvalue weighted by Crippen LogP contribution is -2.28. The highest BCUT2D eigenvalue weighted by molar-refractivity contribution is 8.18. The van der Waals surface area contributed by atoms with Crippen molar-refractivity contribution in [2.75, 3.05) is 0 Å². The second-order valence-corrected chi connectivity index (χ2v) is 12.5. The van der Waals surface area contributed by atoms with E-state index < -0.39 is 6.89 Å². The zero-order valence-corrected chi connectivity index (χ0v) is 17.7. The number of carbonyl (C=O) groups excluding carboxylic acids is 1. The largest absolute Gasteiger partial charge is 0.282 e. The maximum Gasteiger partial charge on any atom is 0.213 e. The van der Waals surface area contributed by atoms with Crippen molar-refractivity contribution in [3.05, 3.63) is 91.0 Å². The van der Waals surface area contributed by atoms with Gasteiger partial charge in [-0.15, -0.1) is 0 Å². The molecule has 0 fully saturated rings. The van der Waals surface area contributed by atoms with E-state index in [1.165, 1.54) is 27.7 Å². The van der Waals surface area contributed by atoms with Gasteiger partial charge in [-0.2, -0.15) is 0 Å². The fourth-order valence-electron chi connectivity index (χ4n) is 3.15. The third kappa shape index (κ3) is 4.64. The van der Waals surface area contributed by atoms with Gasteiger partial charge in [0.25, 0.3) is 0 Å². The molecule has 0 saturated heterocycles. The molecule has 0 aliphatic carbocycles. The first-order valence-corrected chi connectivity index (χ1v) is 11.7. The van der Waals surface area contributed by atoms with Crippen LogP contribution >= 0.6 is 18.6 Å². The van der Waals surface area contributed by atoms with E-state index in [0.717, 1.165) is 0 Å². The summed E-state index contributed by atoms with van der Waals surface area (Å²) in [5, 5.41) is 3.73. The summed E-state index contributed by atoms with van der Waals surface area (Å²) in [4.78, 5) is 13.1. The first kappa shape index (κ1) is 19.7. The summed E-state index contributed by atoms with van der Waals surface area (Å²) in [5.74, 6) is 2.00. The highest BCUT2D eigenvalue weighted by Gasteiger charge is 2.27. The topological polar surface area (TPSA) is 17.1 Å². The Kier molecular flexibility index (Phi) is 6.09. The molecule has 0 saturated carbocycles. The lowest BCUT2D eigenvalue weighted by molar-refractivity contribution is -0.105. The Hall–Kier alpha value is -2.02. The van der Waals surface area contributed by atoms with Crippen molar-refractivity contribution in [3.63, 3.8) is 0 Å². The van der Waals surface area contributed by atoms with E-state index in [1.54, 1.807) is 0 Å². The van der Waals surface area contributed by atoms with E-state index in [9.17, 15) is 4.79 Å². The molecule has 0 atom stereocenters. The standard InChI is InChI=1S/C24H25OPS/c1-24(2,3)27-23(25)19-26(20-13-7-4-8-14-20,21-15-9-5-10-16-21)22-17-11-6-12-18-22/h4-19H,1-3H3. The minimum Gasteiger partial charge on any atom is -0.282 e. The van der Waals surface area contributed by atoms with Gasteiger partial charge in [0, 0.05) is 10.5 Å². The summed E-state index contributed by atoms with van der Waals surface area (Å²) < 4.78 is -0.118. The van der Waals surface area contributed by atoms with Crippen molar-refractivity contribution in [1.29, 1.82) is 0 Å². The van der Waals surface area contributed by atoms with Crippen molar-refractivity contribution in [2.24, 2.45) is 0 Å². The van der Waals surface area contributed by atoms with Crippen molar-refractivity contribution >= 4 is 45.5 Å². The molecule has 3 heteroatoms. The molecule has 0 radical (unpaired) electrons. The third-order valence-electron chi connectivity index (χ3n) is 4.20. The quantitative estimate of drug-likeness (QED) is 0.591. The monoisotopic (exact) mass is 392 g/mol. The molecule has 3 aromatic rings. The molecule has 0 heterocycles. The van der Waals surface area contributed by atoms with Crippen LogP contribution < -0.4 is 15.9 Å². The minimum absolute atomic E-state index is 0.118. The smallest absolute Gasteiger partial charge is 0.213 e. The summed E-state index contributed by atoms with van der Waals surface area (Å²) in [5.41, 5.74) is 0. The van der Waals surface area contributed by atoms with Gasteiger partial charge in [-0.05, 0) is 22.8 Å². The van der Waals surface area contributed by atoms with Crippen LogP contribution in [-0.2, 0) is 4.79 Å². The average molecular weight is 393 g/mol. The van der Waals surface area contributed by atoms with Gasteiger partial charge in [-0.25, -0.2) is 0 Å². The molecule has 0 unspecified atom stereocenters. The Labute approximate surface area is 166 Å². The molecule has 27 heavy (non-hydrogen) atoms. The Morgan fingerprint density at radius 2 is 1.04 bits per heavy atom. The molecule has 0 N–H and O–H groups in total. The molecular weight excluding hydrogens is 367 g/mol. The van der Waals surface area contributed by atoms with E-state index in [2.05, 4.69) is 93.6 Å². The normalized spacial score (nSPS) is 11.8. The average Bonchev–Trinajstić information content (AvgIpc) is 2.67. The number of carbonyl (C=O) groups is 1. The van der Waals surface area contributed by atoms with Crippen LogP contribution in [0.2, 0.25) is 0 Å². The van der Waals surface area contributed by atoms with Gasteiger partial charge in [-0.3, -0.25) is 4.79 Å². The fraction of sp³-hybridized carbons (Fsp3) is 0.167. The molecular formula is C24H25OPS. The Morgan fingerprint density at radius 1 is 0.704 bits per heavy atom. The van der Waals surface area contributed by atoms with Gasteiger partial charge in [0.2, 0.25) is 5.12 Å². The number of hydrogen-bond donors (Lipinski definition) is 0. The number of hydrogen-bond acceptors (Lipinski definition) is 2. The molecule has 0 aliphatic heterocycles. The summed E-state index contributed by atoms with van der Waals surface area (Å²) in [7, 11) is 0. The highest BCUT2D eigenvalue weighted by atomic mass is 32.2. The van der Waals surface area contributed by atoms with Crippen LogP contribution in [0.4, 0.5) is 0 Å². The zero-order chi connectivity index (χ0) is 19.3. The van der Waals surface area contributed by atoms with Crippen LogP contribution in [0.5, 0.6) is 0 Å². The van der Waals surface area contributed by atoms with Gasteiger partial charge in [0.15, 0.2) is 0 Å². The minimum atomic E-state index is -2.19. The van der Waals surface area contributed by atoms with Crippen LogP contribution in [0.1, 0.15) is 20.8 Å². The summed E-state index contributed by atoms with van der Waals surface area (Å²) >= 11 is 1.40. The third-order valence-corrected chi connectivity index (χ3v) is 9.26. The van der Waals surface area contributed by atoms with Crippen molar-refractivity contribution < 1.29 is 4.79 Å². The Bertz CT molecular complexity index is 839. The molecule has 3 rings (SSSR count). The first-order valence-electron chi connectivity index (χ1n) is 9.06. The molecule has 138 valence electrons. The fourth-order valence-corrected chi connectivity index (χ4v) is 8.02. The molecule has 0 amide bonds. The van der Waals surface area contributed by atoms with Crippen molar-refractivity contribution in [3.8, 4) is 0 Å². The van der Waals surface area contributed by atoms with E-state index in [4.69, 9.17) is 0 Å². The predicted octanol–water partition coefficient (Wildman–Crippen LogP) is 4.84. The van der Waals surface area contributed by atoms with Gasteiger partial charge in [0.05, 0.1) is 0 Å². The molecule has 0 bridgehead atoms. The lowest BCUT2D eigenvalue weighted by Gasteiger charge is -2.28. The molecule has 0 aromatic heterocycles. The molecule has 0 aliphatic rings. The Balaban J connectivity index is 2.35. The molecule has 3 aromatic carbocycles. The number of thioether (sulfide) groups is 1. The molecule has 0 spiro atoms. The van der Waals surface area contributed by atoms with E-state index in [1.807, 2.05) is 24.0 Å². The molecule has 1 nitrogen and oxygen atoms in total. The van der Waals surface area contributed by atoms with Crippen LogP contribution in [0.3, 0.4) is 0 Å². The van der Waals surface area contributed by atoms with Crippen molar-refractivity contribution in [1.82, 2.24) is 0 Å². The van der Waals surface area contributed by atoms with Gasteiger partial charge in [0.1, 0.15) is 0 Å². The van der Waals surface area contributed by atoms with Crippen molar-refractivity contribution in [2.45, 2.75) is 25.5 Å². The van der Waals surface area contributed by atoms with Crippen LogP contribution in [0, 0.1) is 0 Å². The summed E-state index contributed by atoms with van der Waals surface area (Å²) in [6.45, 7) is 4.05. The van der Waals surface area contributed by atoms with Crippen LogP contribution in [0.15, 0.2) is 91.0 Å². The lowest BCUT2D eigenvalue weighted by atomic mass is 10.3. The van der Waals surface area contributed by atoms with Crippen LogP contribution in [-0.4, -0.2) is 15.7 Å². The maximum atomic E-state index is 13.1. The second kappa shape index (κ2) is 8.33. The van der Waals surface area contributed by atoms with E-state index >= 15 is 0 Å². The maximum absolute atomic E-state index is 13.1. The van der Waals surface area contributed by atoms with Gasteiger partial charge in [-0.1, -0.05) is 124 Å². The zero-order valence-electron chi connectivity index (χ0n) is 16.0. The SMILES string of the molecule is CC(C)(C)SC(=O)C=P(c1ccccc1)(c1ccccc1)c1ccccc1. The first-order chi connectivity index (χ1) is 12.9.